The molecule has 0 aromatic heterocycles. The first-order valence-electron chi connectivity index (χ1n) is 3.90. The van der Waals surface area contributed by atoms with Gasteiger partial charge in [-0.15, -0.1) is 0 Å². The van der Waals surface area contributed by atoms with Crippen LogP contribution in [0.2, 0.25) is 0 Å². The molecule has 0 amide bonds. The molecule has 68 valence electrons. The summed E-state index contributed by atoms with van der Waals surface area (Å²) in [6.07, 6.45) is 2.96. The summed E-state index contributed by atoms with van der Waals surface area (Å²) in [4.78, 5) is 4.48. The molecule has 0 aromatic rings. The lowest BCUT2D eigenvalue weighted by Crippen LogP contribution is -3.18. The summed E-state index contributed by atoms with van der Waals surface area (Å²) in [6, 6.07) is -0.684. The van der Waals surface area contributed by atoms with E-state index in [2.05, 4.69) is 4.94 Å². The summed E-state index contributed by atoms with van der Waals surface area (Å²) in [5, 5.41) is 21.2. The highest BCUT2D eigenvalue weighted by molar-refractivity contribution is 5.07. The molecular weight excluding hydrogens is 162 g/mol. The Balaban J connectivity index is 2.20. The van der Waals surface area contributed by atoms with Crippen molar-refractivity contribution in [1.29, 1.82) is 0 Å². The molecule has 1 saturated heterocycles. The van der Waals surface area contributed by atoms with E-state index in [9.17, 15) is 10.4 Å². The van der Waals surface area contributed by atoms with Crippen LogP contribution in [0.15, 0.2) is 11.8 Å². The van der Waals surface area contributed by atoms with Gasteiger partial charge in [0.15, 0.2) is 12.1 Å². The Bertz CT molecular complexity index is 220. The van der Waals surface area contributed by atoms with E-state index in [0.29, 0.717) is 18.5 Å². The number of nitrogens with two attached hydrogens (primary N) is 1. The van der Waals surface area contributed by atoms with Crippen LogP contribution in [0, 0.1) is 10.4 Å². The first kappa shape index (κ1) is 7.96. The van der Waals surface area contributed by atoms with Gasteiger partial charge in [0.25, 0.3) is 0 Å². The standard InChI is InChI=1S/C6H11N3O3/c7-4-1-2-5-6(3-4)9(11)12-8(5)10/h3,5-6,8-9H,1-2,7H2. The number of hydrogen-bond donors (Lipinski definition) is 3. The molecule has 2 rings (SSSR count). The fourth-order valence-electron chi connectivity index (χ4n) is 1.67. The normalized spacial score (nSPS) is 47.0. The van der Waals surface area contributed by atoms with E-state index in [1.165, 1.54) is 0 Å². The van der Waals surface area contributed by atoms with Gasteiger partial charge in [-0.2, -0.15) is 10.5 Å². The van der Waals surface area contributed by atoms with Crippen molar-refractivity contribution in [2.24, 2.45) is 5.73 Å². The molecule has 12 heavy (non-hydrogen) atoms. The van der Waals surface area contributed by atoms with Gasteiger partial charge >= 0.3 is 0 Å². The molecule has 6 nitrogen and oxygen atoms in total. The molecule has 1 fully saturated rings. The molecule has 1 aliphatic carbocycles. The first-order chi connectivity index (χ1) is 5.68. The van der Waals surface area contributed by atoms with Gasteiger partial charge in [0.1, 0.15) is 0 Å². The third-order valence-corrected chi connectivity index (χ3v) is 2.35. The molecular formula is C6H11N3O3. The minimum Gasteiger partial charge on any atom is -0.595 e. The van der Waals surface area contributed by atoms with Crippen LogP contribution in [0.3, 0.4) is 0 Å². The van der Waals surface area contributed by atoms with Crippen LogP contribution < -0.4 is 16.2 Å². The molecule has 4 N–H and O–H groups in total. The SMILES string of the molecule is NC1=CC2C(CC1)[NH+]([O-])O[NH+]2[O-]. The lowest BCUT2D eigenvalue weighted by atomic mass is 9.96. The maximum atomic E-state index is 11.0. The molecule has 4 unspecified atom stereocenters. The monoisotopic (exact) mass is 173 g/mol. The number of hydrogen-bond acceptors (Lipinski definition) is 4. The Hall–Kier alpha value is -0.660. The number of hydroxylamine groups is 4. The predicted octanol–water partition coefficient (Wildman–Crippen LogP) is -3.01. The molecule has 0 radical (unpaired) electrons. The van der Waals surface area contributed by atoms with Gasteiger partial charge in [-0.05, 0) is 11.4 Å². The van der Waals surface area contributed by atoms with Crippen LogP contribution in [0.25, 0.3) is 0 Å². The summed E-state index contributed by atoms with van der Waals surface area (Å²) < 4.78 is 0. The second-order valence-electron chi connectivity index (χ2n) is 3.15. The highest BCUT2D eigenvalue weighted by Crippen LogP contribution is 2.12. The average Bonchev–Trinajstić information content (AvgIpc) is 2.28. The number of fused-ring (bicyclic) bond motifs is 1. The Morgan fingerprint density at radius 1 is 1.50 bits per heavy atom. The van der Waals surface area contributed by atoms with Crippen LogP contribution >= 0.6 is 0 Å². The molecule has 0 spiro atoms. The number of quaternary nitrogens is 2. The molecule has 0 saturated carbocycles. The van der Waals surface area contributed by atoms with Crippen molar-refractivity contribution in [3.8, 4) is 0 Å². The lowest BCUT2D eigenvalue weighted by Gasteiger charge is -2.21. The molecule has 6 heteroatoms. The Morgan fingerprint density at radius 2 is 2.25 bits per heavy atom. The van der Waals surface area contributed by atoms with Crippen molar-refractivity contribution in [2.45, 2.75) is 24.9 Å². The van der Waals surface area contributed by atoms with Crippen molar-refractivity contribution in [3.63, 3.8) is 0 Å². The lowest BCUT2D eigenvalue weighted by molar-refractivity contribution is -1.27. The van der Waals surface area contributed by atoms with Gasteiger partial charge in [0.2, 0.25) is 0 Å². The largest absolute Gasteiger partial charge is 0.595 e. The van der Waals surface area contributed by atoms with Crippen molar-refractivity contribution in [1.82, 2.24) is 0 Å². The molecule has 4 atom stereocenters. The third kappa shape index (κ3) is 1.10. The maximum Gasteiger partial charge on any atom is 0.198 e. The van der Waals surface area contributed by atoms with Crippen molar-refractivity contribution in [2.75, 3.05) is 0 Å². The zero-order chi connectivity index (χ0) is 8.72. The fourth-order valence-corrected chi connectivity index (χ4v) is 1.67. The first-order valence-corrected chi connectivity index (χ1v) is 3.90. The number of nitrogens with one attached hydrogen (secondary N) is 2. The second kappa shape index (κ2) is 2.68. The number of rotatable bonds is 0. The van der Waals surface area contributed by atoms with Crippen LogP contribution in [-0.4, -0.2) is 12.1 Å². The Labute approximate surface area is 69.2 Å². The molecule has 1 aliphatic heterocycles. The van der Waals surface area contributed by atoms with E-state index in [-0.39, 0.29) is 6.04 Å². The average molecular weight is 173 g/mol. The molecule has 1 heterocycles. The molecule has 2 aliphatic rings. The molecule has 0 aromatic carbocycles. The van der Waals surface area contributed by atoms with E-state index in [0.717, 1.165) is 0 Å². The van der Waals surface area contributed by atoms with Crippen LogP contribution in [0.1, 0.15) is 12.8 Å². The van der Waals surface area contributed by atoms with Gasteiger partial charge in [-0.25, -0.2) is 0 Å². The minimum absolute atomic E-state index is 0.273. The Morgan fingerprint density at radius 3 is 3.00 bits per heavy atom. The summed E-state index contributed by atoms with van der Waals surface area (Å²) in [5.41, 5.74) is 6.22. The maximum absolute atomic E-state index is 11.0. The smallest absolute Gasteiger partial charge is 0.198 e. The van der Waals surface area contributed by atoms with Gasteiger partial charge in [-0.1, -0.05) is 0 Å². The van der Waals surface area contributed by atoms with Crippen molar-refractivity contribution >= 4 is 0 Å². The predicted molar refractivity (Wildman–Crippen MR) is 38.8 cm³/mol. The van der Waals surface area contributed by atoms with E-state index in [4.69, 9.17) is 5.73 Å². The highest BCUT2D eigenvalue weighted by Gasteiger charge is 2.44. The quantitative estimate of drug-likeness (QED) is 0.340. The highest BCUT2D eigenvalue weighted by atomic mass is 17.1. The van der Waals surface area contributed by atoms with Crippen molar-refractivity contribution in [3.05, 3.63) is 22.2 Å². The van der Waals surface area contributed by atoms with Crippen LogP contribution in [0.5, 0.6) is 0 Å². The molecule has 0 bridgehead atoms. The number of allylic oxidation sites excluding steroid dienone is 1. The van der Waals surface area contributed by atoms with Gasteiger partial charge < -0.3 is 16.1 Å². The minimum atomic E-state index is -0.451. The zero-order valence-electron chi connectivity index (χ0n) is 6.45. The van der Waals surface area contributed by atoms with E-state index < -0.39 is 16.5 Å². The fraction of sp³-hybridized carbons (Fsp3) is 0.667. The zero-order valence-corrected chi connectivity index (χ0v) is 6.45. The third-order valence-electron chi connectivity index (χ3n) is 2.35. The van der Waals surface area contributed by atoms with Crippen molar-refractivity contribution < 1.29 is 15.4 Å². The Kier molecular flexibility index (Phi) is 1.78. The second-order valence-corrected chi connectivity index (χ2v) is 3.15. The van der Waals surface area contributed by atoms with Crippen LogP contribution in [0.4, 0.5) is 0 Å². The summed E-state index contributed by atoms with van der Waals surface area (Å²) in [6.45, 7) is 0. The van der Waals surface area contributed by atoms with Crippen LogP contribution in [-0.2, 0) is 4.94 Å². The summed E-state index contributed by atoms with van der Waals surface area (Å²) in [7, 11) is 0. The van der Waals surface area contributed by atoms with Gasteiger partial charge in [0, 0.05) is 18.2 Å². The van der Waals surface area contributed by atoms with E-state index in [1.54, 1.807) is 6.08 Å². The summed E-state index contributed by atoms with van der Waals surface area (Å²) in [5.74, 6) is 0. The topological polar surface area (TPSA) is 90.2 Å². The van der Waals surface area contributed by atoms with E-state index >= 15 is 0 Å². The van der Waals surface area contributed by atoms with E-state index in [1.807, 2.05) is 0 Å². The summed E-state index contributed by atoms with van der Waals surface area (Å²) >= 11 is 0. The van der Waals surface area contributed by atoms with Gasteiger partial charge in [-0.3, -0.25) is 0 Å². The van der Waals surface area contributed by atoms with Gasteiger partial charge in [0.05, 0.1) is 0 Å².